The van der Waals surface area contributed by atoms with E-state index >= 15 is 0 Å². The van der Waals surface area contributed by atoms with Gasteiger partial charge in [-0.3, -0.25) is 4.79 Å². The number of nitrogens with one attached hydrogen (secondary N) is 1. The molecule has 1 aliphatic carbocycles. The number of nitrogens with zero attached hydrogens (tertiary/aromatic N) is 2. The number of hydrogen-bond donors (Lipinski definition) is 2. The largest absolute Gasteiger partial charge is 0.329 e. The van der Waals surface area contributed by atoms with Gasteiger partial charge in [-0.05, 0) is 25.0 Å². The lowest BCUT2D eigenvalue weighted by Gasteiger charge is -2.26. The van der Waals surface area contributed by atoms with Gasteiger partial charge in [0.05, 0.1) is 23.1 Å². The molecule has 1 saturated carbocycles. The number of anilines is 1. The first-order chi connectivity index (χ1) is 10.2. The first kappa shape index (κ1) is 13.8. The SMILES string of the molecule is NCC1(C(=O)Nc2ccccc2-n2ccnc2)CCCC1. The summed E-state index contributed by atoms with van der Waals surface area (Å²) in [6.07, 6.45) is 9.21. The smallest absolute Gasteiger partial charge is 0.231 e. The summed E-state index contributed by atoms with van der Waals surface area (Å²) >= 11 is 0. The molecule has 1 aromatic carbocycles. The van der Waals surface area contributed by atoms with E-state index in [0.717, 1.165) is 37.1 Å². The van der Waals surface area contributed by atoms with Crippen LogP contribution in [0.25, 0.3) is 5.69 Å². The van der Waals surface area contributed by atoms with E-state index in [9.17, 15) is 4.79 Å². The fourth-order valence-corrected chi connectivity index (χ4v) is 3.04. The van der Waals surface area contributed by atoms with Crippen LogP contribution in [-0.4, -0.2) is 22.0 Å². The van der Waals surface area contributed by atoms with Crippen molar-refractivity contribution in [2.75, 3.05) is 11.9 Å². The van der Waals surface area contributed by atoms with Crippen molar-refractivity contribution in [3.63, 3.8) is 0 Å². The van der Waals surface area contributed by atoms with E-state index in [1.165, 1.54) is 0 Å². The second-order valence-corrected chi connectivity index (χ2v) is 5.63. The van der Waals surface area contributed by atoms with Crippen LogP contribution >= 0.6 is 0 Å². The Morgan fingerprint density at radius 1 is 1.33 bits per heavy atom. The van der Waals surface area contributed by atoms with Crippen LogP contribution in [0.3, 0.4) is 0 Å². The molecule has 3 rings (SSSR count). The molecule has 3 N–H and O–H groups in total. The highest BCUT2D eigenvalue weighted by atomic mass is 16.2. The number of carbonyl (C=O) groups excluding carboxylic acids is 1. The monoisotopic (exact) mass is 284 g/mol. The fraction of sp³-hybridized carbons (Fsp3) is 0.375. The Hall–Kier alpha value is -2.14. The van der Waals surface area contributed by atoms with Crippen LogP contribution in [0, 0.1) is 5.41 Å². The molecule has 0 spiro atoms. The highest BCUT2D eigenvalue weighted by molar-refractivity contribution is 5.97. The molecule has 1 aromatic heterocycles. The van der Waals surface area contributed by atoms with Gasteiger partial charge in [0.15, 0.2) is 0 Å². The van der Waals surface area contributed by atoms with E-state index < -0.39 is 5.41 Å². The zero-order valence-electron chi connectivity index (χ0n) is 12.0. The molecule has 0 unspecified atom stereocenters. The second-order valence-electron chi connectivity index (χ2n) is 5.63. The van der Waals surface area contributed by atoms with Gasteiger partial charge in [-0.25, -0.2) is 4.98 Å². The van der Waals surface area contributed by atoms with E-state index in [2.05, 4.69) is 10.3 Å². The van der Waals surface area contributed by atoms with Crippen molar-refractivity contribution in [2.45, 2.75) is 25.7 Å². The molecular formula is C16H20N4O. The maximum Gasteiger partial charge on any atom is 0.231 e. The number of carbonyl (C=O) groups is 1. The maximum atomic E-state index is 12.7. The lowest BCUT2D eigenvalue weighted by molar-refractivity contribution is -0.124. The minimum atomic E-state index is -0.401. The zero-order chi connectivity index (χ0) is 14.7. The quantitative estimate of drug-likeness (QED) is 0.905. The number of hydrogen-bond acceptors (Lipinski definition) is 3. The zero-order valence-corrected chi connectivity index (χ0v) is 12.0. The van der Waals surface area contributed by atoms with E-state index in [4.69, 9.17) is 5.73 Å². The Balaban J connectivity index is 1.87. The molecule has 1 amide bonds. The van der Waals surface area contributed by atoms with Crippen LogP contribution in [0.4, 0.5) is 5.69 Å². The lowest BCUT2D eigenvalue weighted by Crippen LogP contribution is -2.40. The molecule has 2 aromatic rings. The summed E-state index contributed by atoms with van der Waals surface area (Å²) < 4.78 is 1.89. The number of benzene rings is 1. The Labute approximate surface area is 124 Å². The minimum Gasteiger partial charge on any atom is -0.329 e. The molecule has 1 fully saturated rings. The molecule has 110 valence electrons. The molecule has 0 aliphatic heterocycles. The number of rotatable bonds is 4. The third kappa shape index (κ3) is 2.56. The van der Waals surface area contributed by atoms with Gasteiger partial charge >= 0.3 is 0 Å². The van der Waals surface area contributed by atoms with Gasteiger partial charge in [0, 0.05) is 18.9 Å². The average molecular weight is 284 g/mol. The lowest BCUT2D eigenvalue weighted by atomic mass is 9.85. The topological polar surface area (TPSA) is 72.9 Å². The Kier molecular flexibility index (Phi) is 3.75. The molecule has 21 heavy (non-hydrogen) atoms. The van der Waals surface area contributed by atoms with Crippen molar-refractivity contribution in [1.29, 1.82) is 0 Å². The highest BCUT2D eigenvalue weighted by Gasteiger charge is 2.39. The molecule has 1 aliphatic rings. The molecule has 5 heteroatoms. The second kappa shape index (κ2) is 5.69. The number of imidazole rings is 1. The molecule has 0 atom stereocenters. The van der Waals surface area contributed by atoms with Crippen LogP contribution in [-0.2, 0) is 4.79 Å². The molecular weight excluding hydrogens is 264 g/mol. The average Bonchev–Trinajstić information content (AvgIpc) is 3.20. The van der Waals surface area contributed by atoms with Crippen LogP contribution in [0.2, 0.25) is 0 Å². The van der Waals surface area contributed by atoms with Gasteiger partial charge in [0.2, 0.25) is 5.91 Å². The van der Waals surface area contributed by atoms with Gasteiger partial charge in [-0.2, -0.15) is 0 Å². The van der Waals surface area contributed by atoms with Crippen molar-refractivity contribution < 1.29 is 4.79 Å². The van der Waals surface area contributed by atoms with Gasteiger partial charge in [-0.15, -0.1) is 0 Å². The third-order valence-electron chi connectivity index (χ3n) is 4.37. The molecule has 0 radical (unpaired) electrons. The number of aromatic nitrogens is 2. The van der Waals surface area contributed by atoms with Gasteiger partial charge in [0.25, 0.3) is 0 Å². The molecule has 0 saturated heterocycles. The summed E-state index contributed by atoms with van der Waals surface area (Å²) in [6.45, 7) is 0.409. The standard InChI is InChI=1S/C16H20N4O/c17-11-16(7-3-4-8-16)15(21)19-13-5-1-2-6-14(13)20-10-9-18-12-20/h1-2,5-6,9-10,12H,3-4,7-8,11,17H2,(H,19,21). The fourth-order valence-electron chi connectivity index (χ4n) is 3.04. The van der Waals surface area contributed by atoms with E-state index in [0.29, 0.717) is 6.54 Å². The van der Waals surface area contributed by atoms with E-state index in [1.54, 1.807) is 12.5 Å². The van der Waals surface area contributed by atoms with Crippen LogP contribution in [0.15, 0.2) is 43.0 Å². The van der Waals surface area contributed by atoms with E-state index in [-0.39, 0.29) is 5.91 Å². The van der Waals surface area contributed by atoms with Crippen molar-refractivity contribution in [2.24, 2.45) is 11.1 Å². The van der Waals surface area contributed by atoms with Crippen molar-refractivity contribution in [3.8, 4) is 5.69 Å². The Morgan fingerprint density at radius 3 is 2.76 bits per heavy atom. The van der Waals surface area contributed by atoms with Crippen LogP contribution in [0.1, 0.15) is 25.7 Å². The molecule has 1 heterocycles. The predicted octanol–water partition coefficient (Wildman–Crippen LogP) is 2.33. The summed E-state index contributed by atoms with van der Waals surface area (Å²) in [7, 11) is 0. The third-order valence-corrected chi connectivity index (χ3v) is 4.37. The number of nitrogens with two attached hydrogens (primary N) is 1. The first-order valence-electron chi connectivity index (χ1n) is 7.34. The van der Waals surface area contributed by atoms with Gasteiger partial charge in [-0.1, -0.05) is 25.0 Å². The van der Waals surface area contributed by atoms with Gasteiger partial charge < -0.3 is 15.6 Å². The van der Waals surface area contributed by atoms with Crippen molar-refractivity contribution in [3.05, 3.63) is 43.0 Å². The molecule has 0 bridgehead atoms. The van der Waals surface area contributed by atoms with Crippen molar-refractivity contribution in [1.82, 2.24) is 9.55 Å². The predicted molar refractivity (Wildman–Crippen MR) is 82.1 cm³/mol. The van der Waals surface area contributed by atoms with E-state index in [1.807, 2.05) is 35.0 Å². The number of amides is 1. The van der Waals surface area contributed by atoms with Crippen molar-refractivity contribution >= 4 is 11.6 Å². The Bertz CT molecular complexity index is 615. The summed E-state index contributed by atoms with van der Waals surface area (Å²) in [5, 5.41) is 3.06. The molecule has 5 nitrogen and oxygen atoms in total. The first-order valence-corrected chi connectivity index (χ1v) is 7.34. The summed E-state index contributed by atoms with van der Waals surface area (Å²) in [4.78, 5) is 16.7. The summed E-state index contributed by atoms with van der Waals surface area (Å²) in [6, 6.07) is 7.73. The summed E-state index contributed by atoms with van der Waals surface area (Å²) in [5.74, 6) is 0.0371. The Morgan fingerprint density at radius 2 is 2.10 bits per heavy atom. The highest BCUT2D eigenvalue weighted by Crippen LogP contribution is 2.38. The van der Waals surface area contributed by atoms with Crippen LogP contribution in [0.5, 0.6) is 0 Å². The number of para-hydroxylation sites is 2. The van der Waals surface area contributed by atoms with Crippen LogP contribution < -0.4 is 11.1 Å². The normalized spacial score (nSPS) is 16.8. The van der Waals surface area contributed by atoms with Gasteiger partial charge in [0.1, 0.15) is 0 Å². The summed E-state index contributed by atoms with van der Waals surface area (Å²) in [5.41, 5.74) is 7.18. The maximum absolute atomic E-state index is 12.7. The minimum absolute atomic E-state index is 0.0371.